The van der Waals surface area contributed by atoms with Crippen molar-refractivity contribution in [3.63, 3.8) is 0 Å². The van der Waals surface area contributed by atoms with Gasteiger partial charge >= 0.3 is 0 Å². The molecule has 1 fully saturated rings. The molecular weight excluding hydrogens is 248 g/mol. The molecule has 1 aliphatic rings. The topological polar surface area (TPSA) is 0 Å². The summed E-state index contributed by atoms with van der Waals surface area (Å²) in [4.78, 5) is 0.716. The van der Waals surface area contributed by atoms with Crippen LogP contribution in [-0.2, 0) is 6.42 Å². The zero-order chi connectivity index (χ0) is 10.8. The highest BCUT2D eigenvalue weighted by Crippen LogP contribution is 2.42. The minimum absolute atomic E-state index is 0.716. The molecule has 15 heavy (non-hydrogen) atoms. The fourth-order valence-corrected chi connectivity index (χ4v) is 3.26. The van der Waals surface area contributed by atoms with Crippen LogP contribution in [0.25, 0.3) is 0 Å². The van der Waals surface area contributed by atoms with E-state index in [1.54, 1.807) is 5.56 Å². The van der Waals surface area contributed by atoms with Gasteiger partial charge in [-0.1, -0.05) is 54.0 Å². The van der Waals surface area contributed by atoms with Crippen molar-refractivity contribution in [1.82, 2.24) is 0 Å². The van der Waals surface area contributed by atoms with Crippen LogP contribution in [0.2, 0.25) is 0 Å². The molecule has 3 unspecified atom stereocenters. The minimum Gasteiger partial charge on any atom is -0.0888 e. The van der Waals surface area contributed by atoms with Crippen LogP contribution in [0.15, 0.2) is 24.3 Å². The average molecular weight is 267 g/mol. The molecule has 0 bridgehead atoms. The highest BCUT2D eigenvalue weighted by Gasteiger charge is 2.31. The maximum absolute atomic E-state index is 3.78. The summed E-state index contributed by atoms with van der Waals surface area (Å²) in [6.07, 6.45) is 3.80. The van der Waals surface area contributed by atoms with E-state index >= 15 is 0 Å². The third-order valence-electron chi connectivity index (χ3n) is 3.75. The molecule has 2 rings (SSSR count). The third kappa shape index (κ3) is 2.28. The van der Waals surface area contributed by atoms with Gasteiger partial charge in [-0.25, -0.2) is 0 Å². The molecule has 1 aromatic carbocycles. The van der Waals surface area contributed by atoms with Gasteiger partial charge < -0.3 is 0 Å². The van der Waals surface area contributed by atoms with Crippen molar-refractivity contribution >= 4 is 15.9 Å². The summed E-state index contributed by atoms with van der Waals surface area (Å²) in [5, 5.41) is 0. The summed E-state index contributed by atoms with van der Waals surface area (Å²) < 4.78 is 0. The highest BCUT2D eigenvalue weighted by molar-refractivity contribution is 9.09. The maximum Gasteiger partial charge on any atom is 0.0177 e. The molecule has 0 amide bonds. The van der Waals surface area contributed by atoms with E-state index in [1.807, 2.05) is 0 Å². The van der Waals surface area contributed by atoms with Crippen LogP contribution >= 0.6 is 15.9 Å². The second-order valence-electron chi connectivity index (χ2n) is 4.66. The predicted octanol–water partition coefficient (Wildman–Crippen LogP) is 4.53. The molecule has 1 heteroatoms. The van der Waals surface area contributed by atoms with E-state index in [-0.39, 0.29) is 0 Å². The molecule has 0 spiro atoms. The Balaban J connectivity index is 2.22. The summed E-state index contributed by atoms with van der Waals surface area (Å²) in [6, 6.07) is 9.13. The Labute approximate surface area is 101 Å². The Kier molecular flexibility index (Phi) is 3.50. The molecule has 0 heterocycles. The number of benzene rings is 1. The van der Waals surface area contributed by atoms with Crippen LogP contribution < -0.4 is 0 Å². The van der Waals surface area contributed by atoms with Crippen molar-refractivity contribution in [2.45, 2.75) is 43.9 Å². The van der Waals surface area contributed by atoms with Crippen molar-refractivity contribution in [1.29, 1.82) is 0 Å². The first-order valence-electron chi connectivity index (χ1n) is 5.95. The molecule has 82 valence electrons. The van der Waals surface area contributed by atoms with E-state index in [0.717, 1.165) is 18.3 Å². The Bertz CT molecular complexity index is 332. The highest BCUT2D eigenvalue weighted by atomic mass is 79.9. The first-order valence-corrected chi connectivity index (χ1v) is 6.87. The second-order valence-corrected chi connectivity index (χ2v) is 5.83. The largest absolute Gasteiger partial charge is 0.0888 e. The zero-order valence-electron chi connectivity index (χ0n) is 9.54. The monoisotopic (exact) mass is 266 g/mol. The van der Waals surface area contributed by atoms with Gasteiger partial charge in [0.25, 0.3) is 0 Å². The smallest absolute Gasteiger partial charge is 0.0177 e. The van der Waals surface area contributed by atoms with Crippen molar-refractivity contribution < 1.29 is 0 Å². The Morgan fingerprint density at radius 3 is 2.73 bits per heavy atom. The van der Waals surface area contributed by atoms with Crippen molar-refractivity contribution in [3.8, 4) is 0 Å². The second kappa shape index (κ2) is 4.69. The van der Waals surface area contributed by atoms with Gasteiger partial charge in [-0.05, 0) is 42.2 Å². The van der Waals surface area contributed by atoms with Crippen LogP contribution in [0.4, 0.5) is 0 Å². The zero-order valence-corrected chi connectivity index (χ0v) is 11.1. The van der Waals surface area contributed by atoms with Gasteiger partial charge in [0, 0.05) is 4.83 Å². The van der Waals surface area contributed by atoms with Crippen LogP contribution in [0.5, 0.6) is 0 Å². The summed E-state index contributed by atoms with van der Waals surface area (Å²) in [5.74, 6) is 1.54. The van der Waals surface area contributed by atoms with Crippen molar-refractivity contribution in [3.05, 3.63) is 35.4 Å². The number of hydrogen-bond donors (Lipinski definition) is 0. The minimum atomic E-state index is 0.716. The van der Waals surface area contributed by atoms with E-state index in [2.05, 4.69) is 54.0 Å². The molecule has 3 atom stereocenters. The number of aryl methyl sites for hydroxylation is 1. The first kappa shape index (κ1) is 11.2. The van der Waals surface area contributed by atoms with Gasteiger partial charge in [0.1, 0.15) is 0 Å². The number of halogens is 1. The third-order valence-corrected chi connectivity index (χ3v) is 5.04. The average Bonchev–Trinajstić information content (AvgIpc) is 2.60. The van der Waals surface area contributed by atoms with E-state index < -0.39 is 0 Å². The fraction of sp³-hybridized carbons (Fsp3) is 0.571. The summed E-state index contributed by atoms with van der Waals surface area (Å²) in [5.41, 5.74) is 3.02. The molecular formula is C14H19Br. The first-order chi connectivity index (χ1) is 7.22. The quantitative estimate of drug-likeness (QED) is 0.691. The van der Waals surface area contributed by atoms with E-state index in [1.165, 1.54) is 18.4 Å². The summed E-state index contributed by atoms with van der Waals surface area (Å²) >= 11 is 3.78. The number of alkyl halides is 1. The lowest BCUT2D eigenvalue weighted by Crippen LogP contribution is -2.09. The predicted molar refractivity (Wildman–Crippen MR) is 69.7 cm³/mol. The van der Waals surface area contributed by atoms with E-state index in [4.69, 9.17) is 0 Å². The molecule has 1 saturated carbocycles. The Morgan fingerprint density at radius 2 is 2.13 bits per heavy atom. The van der Waals surface area contributed by atoms with Gasteiger partial charge in [-0.3, -0.25) is 0 Å². The van der Waals surface area contributed by atoms with Gasteiger partial charge in [0.2, 0.25) is 0 Å². The van der Waals surface area contributed by atoms with Crippen LogP contribution in [-0.4, -0.2) is 4.83 Å². The maximum atomic E-state index is 3.78. The van der Waals surface area contributed by atoms with E-state index in [0.29, 0.717) is 4.83 Å². The molecule has 1 aromatic rings. The van der Waals surface area contributed by atoms with E-state index in [9.17, 15) is 0 Å². The van der Waals surface area contributed by atoms with Crippen LogP contribution in [0.1, 0.15) is 43.7 Å². The lowest BCUT2D eigenvalue weighted by molar-refractivity contribution is 0.544. The number of hydrogen-bond acceptors (Lipinski definition) is 0. The fourth-order valence-electron chi connectivity index (χ4n) is 2.63. The SMILES string of the molecule is CCc1cccc(C2CCC(Br)C2C)c1. The standard InChI is InChI=1S/C14H19Br/c1-3-11-5-4-6-12(9-11)13-7-8-14(15)10(13)2/h4-6,9-10,13-14H,3,7-8H2,1-2H3. The number of rotatable bonds is 2. The molecule has 0 nitrogen and oxygen atoms in total. The van der Waals surface area contributed by atoms with Gasteiger partial charge in [-0.15, -0.1) is 0 Å². The van der Waals surface area contributed by atoms with Crippen molar-refractivity contribution in [2.24, 2.45) is 5.92 Å². The summed E-state index contributed by atoms with van der Waals surface area (Å²) in [6.45, 7) is 4.60. The van der Waals surface area contributed by atoms with Gasteiger partial charge in [-0.2, -0.15) is 0 Å². The molecule has 0 radical (unpaired) electrons. The lowest BCUT2D eigenvalue weighted by Gasteiger charge is -2.18. The summed E-state index contributed by atoms with van der Waals surface area (Å²) in [7, 11) is 0. The normalized spacial score (nSPS) is 30.7. The van der Waals surface area contributed by atoms with Crippen molar-refractivity contribution in [2.75, 3.05) is 0 Å². The van der Waals surface area contributed by atoms with Gasteiger partial charge in [0.05, 0.1) is 0 Å². The molecule has 0 aromatic heterocycles. The van der Waals surface area contributed by atoms with Crippen LogP contribution in [0, 0.1) is 5.92 Å². The Hall–Kier alpha value is -0.300. The molecule has 1 aliphatic carbocycles. The molecule has 0 saturated heterocycles. The Morgan fingerprint density at radius 1 is 1.33 bits per heavy atom. The van der Waals surface area contributed by atoms with Gasteiger partial charge in [0.15, 0.2) is 0 Å². The molecule has 0 aliphatic heterocycles. The lowest BCUT2D eigenvalue weighted by atomic mass is 9.89. The van der Waals surface area contributed by atoms with Crippen LogP contribution in [0.3, 0.4) is 0 Å². The molecule has 0 N–H and O–H groups in total.